The van der Waals surface area contributed by atoms with Gasteiger partial charge in [0.25, 0.3) is 0 Å². The minimum absolute atomic E-state index is 0.480. The van der Waals surface area contributed by atoms with Crippen LogP contribution in [-0.2, 0) is 5.41 Å². The molecule has 11 aromatic carbocycles. The first-order valence-corrected chi connectivity index (χ1v) is 23.7. The van der Waals surface area contributed by atoms with Crippen LogP contribution < -0.4 is 0 Å². The van der Waals surface area contributed by atoms with Gasteiger partial charge in [-0.05, 0) is 107 Å². The van der Waals surface area contributed by atoms with E-state index in [4.69, 9.17) is 9.97 Å². The van der Waals surface area contributed by atoms with Crippen LogP contribution in [0.25, 0.3) is 100.0 Å². The third kappa shape index (κ3) is 6.72. The van der Waals surface area contributed by atoms with Crippen LogP contribution in [-0.4, -0.2) is 9.97 Å². The molecule has 0 radical (unpaired) electrons. The van der Waals surface area contributed by atoms with Gasteiger partial charge in [-0.15, -0.1) is 0 Å². The molecule has 13 rings (SSSR count). The summed E-state index contributed by atoms with van der Waals surface area (Å²) in [6.07, 6.45) is 0. The predicted molar refractivity (Wildman–Crippen MR) is 287 cm³/mol. The standard InChI is InChI=1S/C67H44N2/c1-5-19-46(20-6-1)53-28-15-18-32-58(53)64-44-63(49-22-7-2-8-23-49)68-66(69-64)60-41-40-54(56-30-16-17-31-57(56)60)48-35-33-45(34-36-48)50-38-42-62-61(43-50)59-39-37-47-21-13-14-29-55(47)65(59)67(62,51-24-9-3-10-25-51)52-26-11-4-12-27-52/h1-44H. The van der Waals surface area contributed by atoms with Gasteiger partial charge in [-0.1, -0.05) is 249 Å². The normalized spacial score (nSPS) is 12.5. The molecule has 2 heteroatoms. The number of aromatic nitrogens is 2. The van der Waals surface area contributed by atoms with E-state index < -0.39 is 5.41 Å². The summed E-state index contributed by atoms with van der Waals surface area (Å²) in [6, 6.07) is 96.6. The maximum atomic E-state index is 5.37. The molecule has 322 valence electrons. The van der Waals surface area contributed by atoms with Gasteiger partial charge in [0, 0.05) is 16.7 Å². The monoisotopic (exact) mass is 876 g/mol. The van der Waals surface area contributed by atoms with Gasteiger partial charge in [0.1, 0.15) is 0 Å². The molecule has 0 N–H and O–H groups in total. The molecule has 0 fully saturated rings. The molecular weight excluding hydrogens is 833 g/mol. The fourth-order valence-corrected chi connectivity index (χ4v) is 11.1. The fourth-order valence-electron chi connectivity index (χ4n) is 11.1. The molecule has 1 aliphatic rings. The molecule has 0 unspecified atom stereocenters. The van der Waals surface area contributed by atoms with E-state index in [1.54, 1.807) is 0 Å². The summed E-state index contributed by atoms with van der Waals surface area (Å²) >= 11 is 0. The number of nitrogens with zero attached hydrogens (tertiary/aromatic N) is 2. The first-order chi connectivity index (χ1) is 34.2. The first kappa shape index (κ1) is 40.3. The Balaban J connectivity index is 0.914. The number of hydrogen-bond acceptors (Lipinski definition) is 2. The highest BCUT2D eigenvalue weighted by molar-refractivity contribution is 6.05. The Morgan fingerprint density at radius 1 is 0.261 bits per heavy atom. The summed E-state index contributed by atoms with van der Waals surface area (Å²) in [6.45, 7) is 0. The van der Waals surface area contributed by atoms with Gasteiger partial charge in [0.2, 0.25) is 0 Å². The van der Waals surface area contributed by atoms with E-state index in [2.05, 4.69) is 261 Å². The molecule has 0 aliphatic heterocycles. The molecule has 0 atom stereocenters. The quantitative estimate of drug-likeness (QED) is 0.152. The van der Waals surface area contributed by atoms with Gasteiger partial charge in [-0.25, -0.2) is 9.97 Å². The molecule has 2 nitrogen and oxygen atoms in total. The molecule has 1 aromatic heterocycles. The van der Waals surface area contributed by atoms with Crippen LogP contribution in [0, 0.1) is 0 Å². The zero-order valence-corrected chi connectivity index (χ0v) is 37.8. The van der Waals surface area contributed by atoms with Crippen LogP contribution in [0.4, 0.5) is 0 Å². The summed E-state index contributed by atoms with van der Waals surface area (Å²) < 4.78 is 0. The molecule has 0 spiro atoms. The van der Waals surface area contributed by atoms with Gasteiger partial charge < -0.3 is 0 Å². The molecule has 12 aromatic rings. The Morgan fingerprint density at radius 2 is 0.754 bits per heavy atom. The Hall–Kier alpha value is -8.98. The molecule has 1 heterocycles. The summed E-state index contributed by atoms with van der Waals surface area (Å²) in [5.74, 6) is 0.696. The highest BCUT2D eigenvalue weighted by Gasteiger charge is 2.47. The molecule has 0 saturated heterocycles. The topological polar surface area (TPSA) is 25.8 Å². The lowest BCUT2D eigenvalue weighted by molar-refractivity contribution is 0.775. The van der Waals surface area contributed by atoms with Crippen molar-refractivity contribution < 1.29 is 0 Å². The van der Waals surface area contributed by atoms with Crippen LogP contribution >= 0.6 is 0 Å². The van der Waals surface area contributed by atoms with Crippen molar-refractivity contribution in [2.24, 2.45) is 0 Å². The minimum atomic E-state index is -0.480. The second kappa shape index (κ2) is 16.7. The van der Waals surface area contributed by atoms with Crippen LogP contribution in [0.1, 0.15) is 22.3 Å². The number of rotatable bonds is 8. The Bertz CT molecular complexity index is 3820. The van der Waals surface area contributed by atoms with Crippen LogP contribution in [0.2, 0.25) is 0 Å². The number of fused-ring (bicyclic) bond motifs is 6. The molecule has 0 saturated carbocycles. The van der Waals surface area contributed by atoms with Crippen LogP contribution in [0.15, 0.2) is 267 Å². The van der Waals surface area contributed by atoms with E-state index in [9.17, 15) is 0 Å². The van der Waals surface area contributed by atoms with Gasteiger partial charge in [0.15, 0.2) is 5.82 Å². The van der Waals surface area contributed by atoms with Gasteiger partial charge in [-0.3, -0.25) is 0 Å². The van der Waals surface area contributed by atoms with Crippen molar-refractivity contribution in [1.29, 1.82) is 0 Å². The maximum absolute atomic E-state index is 5.37. The van der Waals surface area contributed by atoms with Gasteiger partial charge in [-0.2, -0.15) is 0 Å². The third-order valence-corrected chi connectivity index (χ3v) is 14.2. The lowest BCUT2D eigenvalue weighted by atomic mass is 9.66. The van der Waals surface area contributed by atoms with Crippen LogP contribution in [0.5, 0.6) is 0 Å². The molecule has 1 aliphatic carbocycles. The highest BCUT2D eigenvalue weighted by Crippen LogP contribution is 2.58. The van der Waals surface area contributed by atoms with E-state index in [-0.39, 0.29) is 0 Å². The van der Waals surface area contributed by atoms with E-state index >= 15 is 0 Å². The maximum Gasteiger partial charge on any atom is 0.161 e. The average Bonchev–Trinajstić information content (AvgIpc) is 3.74. The van der Waals surface area contributed by atoms with E-state index in [1.165, 1.54) is 60.8 Å². The second-order valence-electron chi connectivity index (χ2n) is 18.0. The Kier molecular flexibility index (Phi) is 9.77. The van der Waals surface area contributed by atoms with Crippen molar-refractivity contribution in [3.05, 3.63) is 289 Å². The molecular formula is C67H44N2. The Morgan fingerprint density at radius 3 is 1.45 bits per heavy atom. The lowest BCUT2D eigenvalue weighted by Gasteiger charge is -2.34. The highest BCUT2D eigenvalue weighted by atomic mass is 14.9. The van der Waals surface area contributed by atoms with E-state index in [1.807, 2.05) is 6.07 Å². The lowest BCUT2D eigenvalue weighted by Crippen LogP contribution is -2.28. The number of benzene rings is 11. The second-order valence-corrected chi connectivity index (χ2v) is 18.0. The third-order valence-electron chi connectivity index (χ3n) is 14.2. The zero-order chi connectivity index (χ0) is 45.7. The summed E-state index contributed by atoms with van der Waals surface area (Å²) in [4.78, 5) is 10.7. The zero-order valence-electron chi connectivity index (χ0n) is 37.8. The van der Waals surface area contributed by atoms with Crippen molar-refractivity contribution in [3.8, 4) is 78.4 Å². The van der Waals surface area contributed by atoms with E-state index in [0.29, 0.717) is 5.82 Å². The van der Waals surface area contributed by atoms with Gasteiger partial charge in [0.05, 0.1) is 16.8 Å². The predicted octanol–water partition coefficient (Wildman–Crippen LogP) is 17.1. The summed E-state index contributed by atoms with van der Waals surface area (Å²) in [5.41, 5.74) is 19.1. The van der Waals surface area contributed by atoms with Gasteiger partial charge >= 0.3 is 0 Å². The van der Waals surface area contributed by atoms with Crippen molar-refractivity contribution in [3.63, 3.8) is 0 Å². The van der Waals surface area contributed by atoms with E-state index in [0.717, 1.165) is 55.5 Å². The van der Waals surface area contributed by atoms with Crippen molar-refractivity contribution in [1.82, 2.24) is 9.97 Å². The SMILES string of the molecule is c1ccc(-c2cc(-c3ccccc3-c3ccccc3)nc(-c3ccc(-c4ccc(-c5ccc6c(c5)-c5ccc7ccccc7c5C6(c5ccccc5)c5ccccc5)cc4)c4ccccc34)n2)cc1. The summed E-state index contributed by atoms with van der Waals surface area (Å²) in [7, 11) is 0. The fraction of sp³-hybridized carbons (Fsp3) is 0.0149. The molecule has 0 bridgehead atoms. The summed E-state index contributed by atoms with van der Waals surface area (Å²) in [5, 5.41) is 4.80. The molecule has 0 amide bonds. The van der Waals surface area contributed by atoms with Crippen molar-refractivity contribution in [2.75, 3.05) is 0 Å². The van der Waals surface area contributed by atoms with Crippen LogP contribution in [0.3, 0.4) is 0 Å². The largest absolute Gasteiger partial charge is 0.228 e. The first-order valence-electron chi connectivity index (χ1n) is 23.7. The smallest absolute Gasteiger partial charge is 0.161 e. The molecule has 69 heavy (non-hydrogen) atoms. The van der Waals surface area contributed by atoms with Crippen molar-refractivity contribution in [2.45, 2.75) is 5.41 Å². The minimum Gasteiger partial charge on any atom is -0.228 e. The average molecular weight is 877 g/mol. The number of hydrogen-bond donors (Lipinski definition) is 0. The Labute approximate surface area is 402 Å². The van der Waals surface area contributed by atoms with Crippen molar-refractivity contribution >= 4 is 21.5 Å².